The number of aliphatic hydroxyl groups excluding tert-OH is 1. The van der Waals surface area contributed by atoms with Crippen LogP contribution in [-0.4, -0.2) is 50.7 Å². The third-order valence-corrected chi connectivity index (χ3v) is 1.55. The number of hydrogen-bond acceptors (Lipinski definition) is 4. The van der Waals surface area contributed by atoms with E-state index in [1.54, 1.807) is 0 Å². The molecule has 0 aliphatic carbocycles. The summed E-state index contributed by atoms with van der Waals surface area (Å²) in [4.78, 5) is 0. The van der Waals surface area contributed by atoms with Gasteiger partial charge < -0.3 is 19.9 Å². The Hall–Kier alpha value is -0.160. The van der Waals surface area contributed by atoms with Crippen LogP contribution in [0.4, 0.5) is 0 Å². The summed E-state index contributed by atoms with van der Waals surface area (Å²) in [6.07, 6.45) is 0. The third kappa shape index (κ3) is 3.67. The predicted molar refractivity (Wildman–Crippen MR) is 40.5 cm³/mol. The maximum absolute atomic E-state index is 8.37. The second-order valence-electron chi connectivity index (χ2n) is 2.52. The summed E-state index contributed by atoms with van der Waals surface area (Å²) in [5.74, 6) is 0. The Balaban J connectivity index is 1.73. The Bertz CT molecular complexity index is 95.7. The van der Waals surface area contributed by atoms with E-state index in [1.165, 1.54) is 0 Å². The van der Waals surface area contributed by atoms with E-state index in [9.17, 15) is 0 Å². The highest BCUT2D eigenvalue weighted by molar-refractivity contribution is 4.71. The zero-order chi connectivity index (χ0) is 7.94. The molecule has 0 aromatic carbocycles. The average Bonchev–Trinajstić information content (AvgIpc) is 1.93. The van der Waals surface area contributed by atoms with Crippen LogP contribution in [-0.2, 0) is 9.47 Å². The van der Waals surface area contributed by atoms with E-state index in [-0.39, 0.29) is 6.61 Å². The fourth-order valence-electron chi connectivity index (χ4n) is 0.855. The van der Waals surface area contributed by atoms with Gasteiger partial charge in [0.25, 0.3) is 0 Å². The lowest BCUT2D eigenvalue weighted by Gasteiger charge is -2.26. The largest absolute Gasteiger partial charge is 0.394 e. The molecule has 0 spiro atoms. The van der Waals surface area contributed by atoms with E-state index in [0.29, 0.717) is 19.3 Å². The minimum atomic E-state index is 0.104. The summed E-state index contributed by atoms with van der Waals surface area (Å²) in [6, 6.07) is 0.521. The van der Waals surface area contributed by atoms with E-state index in [0.717, 1.165) is 19.8 Å². The topological polar surface area (TPSA) is 50.7 Å². The van der Waals surface area contributed by atoms with Crippen LogP contribution in [0.25, 0.3) is 0 Å². The quantitative estimate of drug-likeness (QED) is 0.490. The number of nitrogens with one attached hydrogen (secondary N) is 1. The predicted octanol–water partition coefficient (Wildman–Crippen LogP) is -1.02. The van der Waals surface area contributed by atoms with Crippen LogP contribution < -0.4 is 5.32 Å². The van der Waals surface area contributed by atoms with E-state index in [2.05, 4.69) is 5.32 Å². The standard InChI is InChI=1S/C7H15NO3/c9-2-4-10-3-1-8-7-5-11-6-7/h7-9H,1-6H2. The van der Waals surface area contributed by atoms with Gasteiger partial charge >= 0.3 is 0 Å². The molecule has 11 heavy (non-hydrogen) atoms. The lowest BCUT2D eigenvalue weighted by Crippen LogP contribution is -2.47. The van der Waals surface area contributed by atoms with Gasteiger partial charge in [0.1, 0.15) is 0 Å². The van der Waals surface area contributed by atoms with Crippen LogP contribution in [0.5, 0.6) is 0 Å². The molecule has 0 atom stereocenters. The molecular weight excluding hydrogens is 146 g/mol. The summed E-state index contributed by atoms with van der Waals surface area (Å²) in [5.41, 5.74) is 0. The molecule has 0 bridgehead atoms. The highest BCUT2D eigenvalue weighted by Crippen LogP contribution is 1.97. The summed E-state index contributed by atoms with van der Waals surface area (Å²) in [6.45, 7) is 3.68. The molecular formula is C7H15NO3. The Morgan fingerprint density at radius 2 is 2.27 bits per heavy atom. The number of rotatable bonds is 6. The summed E-state index contributed by atoms with van der Waals surface area (Å²) in [5, 5.41) is 11.6. The van der Waals surface area contributed by atoms with Crippen LogP contribution >= 0.6 is 0 Å². The van der Waals surface area contributed by atoms with Gasteiger partial charge in [-0.2, -0.15) is 0 Å². The van der Waals surface area contributed by atoms with Gasteiger partial charge in [-0.3, -0.25) is 0 Å². The van der Waals surface area contributed by atoms with Crippen molar-refractivity contribution in [2.75, 3.05) is 39.6 Å². The van der Waals surface area contributed by atoms with Crippen LogP contribution in [0, 0.1) is 0 Å². The highest BCUT2D eigenvalue weighted by Gasteiger charge is 2.16. The maximum Gasteiger partial charge on any atom is 0.0698 e. The fourth-order valence-corrected chi connectivity index (χ4v) is 0.855. The van der Waals surface area contributed by atoms with E-state index >= 15 is 0 Å². The van der Waals surface area contributed by atoms with Gasteiger partial charge in [0.15, 0.2) is 0 Å². The lowest BCUT2D eigenvalue weighted by molar-refractivity contribution is -0.00884. The molecule has 0 amide bonds. The van der Waals surface area contributed by atoms with Crippen molar-refractivity contribution >= 4 is 0 Å². The molecule has 1 saturated heterocycles. The van der Waals surface area contributed by atoms with Crippen molar-refractivity contribution in [2.24, 2.45) is 0 Å². The molecule has 0 unspecified atom stereocenters. The van der Waals surface area contributed by atoms with Gasteiger partial charge in [0.05, 0.1) is 39.1 Å². The zero-order valence-electron chi connectivity index (χ0n) is 6.58. The molecule has 2 N–H and O–H groups in total. The first-order valence-corrected chi connectivity index (χ1v) is 3.93. The number of hydrogen-bond donors (Lipinski definition) is 2. The minimum Gasteiger partial charge on any atom is -0.394 e. The van der Waals surface area contributed by atoms with Crippen molar-refractivity contribution in [2.45, 2.75) is 6.04 Å². The highest BCUT2D eigenvalue weighted by atomic mass is 16.5. The van der Waals surface area contributed by atoms with Gasteiger partial charge in [0, 0.05) is 6.54 Å². The van der Waals surface area contributed by atoms with Crippen molar-refractivity contribution in [1.29, 1.82) is 0 Å². The lowest BCUT2D eigenvalue weighted by atomic mass is 10.2. The van der Waals surface area contributed by atoms with Crippen LogP contribution in [0.1, 0.15) is 0 Å². The molecule has 0 saturated carbocycles. The van der Waals surface area contributed by atoms with Crippen LogP contribution in [0.15, 0.2) is 0 Å². The van der Waals surface area contributed by atoms with Crippen molar-refractivity contribution in [3.8, 4) is 0 Å². The molecule has 1 aliphatic heterocycles. The molecule has 0 aromatic heterocycles. The third-order valence-electron chi connectivity index (χ3n) is 1.55. The SMILES string of the molecule is OCCOCCNC1COC1. The molecule has 0 aromatic rings. The number of aliphatic hydroxyl groups is 1. The second-order valence-corrected chi connectivity index (χ2v) is 2.52. The monoisotopic (exact) mass is 161 g/mol. The maximum atomic E-state index is 8.37. The Morgan fingerprint density at radius 3 is 2.82 bits per heavy atom. The fraction of sp³-hybridized carbons (Fsp3) is 1.00. The van der Waals surface area contributed by atoms with Crippen molar-refractivity contribution < 1.29 is 14.6 Å². The molecule has 0 radical (unpaired) electrons. The molecule has 4 heteroatoms. The summed E-state index contributed by atoms with van der Waals surface area (Å²) >= 11 is 0. The zero-order valence-corrected chi connectivity index (χ0v) is 6.58. The molecule has 66 valence electrons. The van der Waals surface area contributed by atoms with Gasteiger partial charge in [-0.1, -0.05) is 0 Å². The Kier molecular flexibility index (Phi) is 4.45. The van der Waals surface area contributed by atoms with Gasteiger partial charge in [0.2, 0.25) is 0 Å². The first-order valence-electron chi connectivity index (χ1n) is 3.93. The normalized spacial score (nSPS) is 18.3. The van der Waals surface area contributed by atoms with Gasteiger partial charge in [-0.25, -0.2) is 0 Å². The number of ether oxygens (including phenoxy) is 2. The first-order chi connectivity index (χ1) is 5.43. The van der Waals surface area contributed by atoms with Crippen molar-refractivity contribution in [1.82, 2.24) is 5.32 Å². The van der Waals surface area contributed by atoms with Gasteiger partial charge in [-0.15, -0.1) is 0 Å². The minimum absolute atomic E-state index is 0.104. The van der Waals surface area contributed by atoms with Crippen molar-refractivity contribution in [3.63, 3.8) is 0 Å². The smallest absolute Gasteiger partial charge is 0.0698 e. The van der Waals surface area contributed by atoms with E-state index in [4.69, 9.17) is 14.6 Å². The Morgan fingerprint density at radius 1 is 1.45 bits per heavy atom. The summed E-state index contributed by atoms with van der Waals surface area (Å²) in [7, 11) is 0. The van der Waals surface area contributed by atoms with Crippen molar-refractivity contribution in [3.05, 3.63) is 0 Å². The molecule has 1 rings (SSSR count). The molecule has 1 heterocycles. The van der Waals surface area contributed by atoms with Crippen LogP contribution in [0.2, 0.25) is 0 Å². The average molecular weight is 161 g/mol. The summed E-state index contributed by atoms with van der Waals surface area (Å²) < 4.78 is 10.0. The second kappa shape index (κ2) is 5.49. The Labute approximate surface area is 66.5 Å². The molecule has 4 nitrogen and oxygen atoms in total. The molecule has 1 fully saturated rings. The van der Waals surface area contributed by atoms with E-state index < -0.39 is 0 Å². The van der Waals surface area contributed by atoms with E-state index in [1.807, 2.05) is 0 Å². The van der Waals surface area contributed by atoms with Crippen LogP contribution in [0.3, 0.4) is 0 Å². The van der Waals surface area contributed by atoms with Gasteiger partial charge in [-0.05, 0) is 0 Å². The molecule has 1 aliphatic rings. The first kappa shape index (κ1) is 8.93.